The van der Waals surface area contributed by atoms with E-state index in [-0.39, 0.29) is 32.1 Å². The van der Waals surface area contributed by atoms with Crippen LogP contribution in [0.4, 0.5) is 8.78 Å². The van der Waals surface area contributed by atoms with Gasteiger partial charge in [0.05, 0.1) is 6.54 Å². The molecule has 1 amide bonds. The van der Waals surface area contributed by atoms with Gasteiger partial charge >= 0.3 is 0 Å². The maximum atomic E-state index is 14.0. The van der Waals surface area contributed by atoms with Gasteiger partial charge < -0.3 is 4.90 Å². The molecule has 0 unspecified atom stereocenters. The molecule has 1 saturated heterocycles. The Bertz CT molecular complexity index is 1160. The molecule has 0 N–H and O–H groups in total. The first-order valence-electron chi connectivity index (χ1n) is 9.51. The van der Waals surface area contributed by atoms with E-state index >= 15 is 0 Å². The highest BCUT2D eigenvalue weighted by Crippen LogP contribution is 2.24. The molecule has 2 heterocycles. The van der Waals surface area contributed by atoms with E-state index in [2.05, 4.69) is 10.1 Å². The van der Waals surface area contributed by atoms with E-state index in [0.717, 1.165) is 28.1 Å². The summed E-state index contributed by atoms with van der Waals surface area (Å²) < 4.78 is 55.9. The van der Waals surface area contributed by atoms with Crippen LogP contribution in [0, 0.1) is 11.6 Å². The molecular weight excluding hydrogens is 428 g/mol. The van der Waals surface area contributed by atoms with Crippen LogP contribution in [0.3, 0.4) is 0 Å². The number of sulfonamides is 1. The molecule has 8 nitrogen and oxygen atoms in total. The zero-order chi connectivity index (χ0) is 22.0. The molecule has 0 radical (unpaired) electrons. The number of carbonyl (C=O) groups is 1. The third-order valence-corrected chi connectivity index (χ3v) is 7.01. The van der Waals surface area contributed by atoms with E-state index < -0.39 is 26.6 Å². The second-order valence-electron chi connectivity index (χ2n) is 7.04. The molecule has 3 aromatic rings. The van der Waals surface area contributed by atoms with Crippen LogP contribution in [-0.2, 0) is 16.6 Å². The molecule has 162 valence electrons. The molecule has 1 aromatic heterocycles. The number of amides is 1. The highest BCUT2D eigenvalue weighted by Gasteiger charge is 2.34. The van der Waals surface area contributed by atoms with E-state index in [1.165, 1.54) is 11.2 Å². The minimum absolute atomic E-state index is 0.0494. The van der Waals surface area contributed by atoms with E-state index in [4.69, 9.17) is 0 Å². The molecule has 1 aliphatic rings. The number of rotatable bonds is 5. The Morgan fingerprint density at radius 2 is 1.61 bits per heavy atom. The Morgan fingerprint density at radius 3 is 2.19 bits per heavy atom. The fourth-order valence-electron chi connectivity index (χ4n) is 3.43. The number of halogens is 2. The summed E-state index contributed by atoms with van der Waals surface area (Å²) in [4.78, 5) is 17.2. The van der Waals surface area contributed by atoms with Crippen LogP contribution in [0.1, 0.15) is 15.9 Å². The highest BCUT2D eigenvalue weighted by atomic mass is 32.2. The molecule has 0 saturated carbocycles. The van der Waals surface area contributed by atoms with Crippen molar-refractivity contribution in [3.63, 3.8) is 0 Å². The third-order valence-electron chi connectivity index (χ3n) is 5.05. The summed E-state index contributed by atoms with van der Waals surface area (Å²) in [5.41, 5.74) is 1.42. The summed E-state index contributed by atoms with van der Waals surface area (Å²) in [5.74, 6) is -2.50. The summed E-state index contributed by atoms with van der Waals surface area (Å²) >= 11 is 0. The van der Waals surface area contributed by atoms with Gasteiger partial charge in [0.1, 0.15) is 24.3 Å². The zero-order valence-electron chi connectivity index (χ0n) is 16.4. The summed E-state index contributed by atoms with van der Waals surface area (Å²) in [7, 11) is -4.34. The maximum Gasteiger partial charge on any atom is 0.253 e. The van der Waals surface area contributed by atoms with Gasteiger partial charge in [-0.3, -0.25) is 4.79 Å². The van der Waals surface area contributed by atoms with E-state index in [1.54, 1.807) is 23.1 Å². The Balaban J connectivity index is 1.41. The first-order chi connectivity index (χ1) is 14.9. The minimum Gasteiger partial charge on any atom is -0.336 e. The quantitative estimate of drug-likeness (QED) is 0.595. The Hall–Kier alpha value is -3.18. The number of nitrogens with zero attached hydrogens (tertiary/aromatic N) is 5. The summed E-state index contributed by atoms with van der Waals surface area (Å²) in [5, 5.41) is 4.03. The Morgan fingerprint density at radius 1 is 0.968 bits per heavy atom. The SMILES string of the molecule is O=C(c1ccc(Cn2cncn2)cc1)N1CCN(S(=O)(=O)c2c(F)cccc2F)CC1. The number of hydrogen-bond acceptors (Lipinski definition) is 5. The molecule has 1 aliphatic heterocycles. The van der Waals surface area contributed by atoms with Gasteiger partial charge in [-0.05, 0) is 29.8 Å². The first-order valence-corrected chi connectivity index (χ1v) is 10.9. The minimum atomic E-state index is -4.34. The van der Waals surface area contributed by atoms with Crippen molar-refractivity contribution >= 4 is 15.9 Å². The normalized spacial score (nSPS) is 15.2. The van der Waals surface area contributed by atoms with Crippen LogP contribution in [0.25, 0.3) is 0 Å². The summed E-state index contributed by atoms with van der Waals surface area (Å²) in [6, 6.07) is 9.95. The van der Waals surface area contributed by atoms with Crippen LogP contribution in [0.2, 0.25) is 0 Å². The molecule has 31 heavy (non-hydrogen) atoms. The van der Waals surface area contributed by atoms with Crippen LogP contribution < -0.4 is 0 Å². The Labute approximate surface area is 177 Å². The molecule has 1 fully saturated rings. The largest absolute Gasteiger partial charge is 0.336 e. The zero-order valence-corrected chi connectivity index (χ0v) is 17.2. The number of hydrogen-bond donors (Lipinski definition) is 0. The molecule has 0 spiro atoms. The van der Waals surface area contributed by atoms with Crippen molar-refractivity contribution in [1.82, 2.24) is 24.0 Å². The third kappa shape index (κ3) is 4.32. The van der Waals surface area contributed by atoms with Crippen LogP contribution in [-0.4, -0.2) is 64.5 Å². The van der Waals surface area contributed by atoms with Gasteiger partial charge in [-0.2, -0.15) is 9.40 Å². The van der Waals surface area contributed by atoms with E-state index in [1.807, 2.05) is 12.1 Å². The predicted molar refractivity (Wildman–Crippen MR) is 107 cm³/mol. The van der Waals surface area contributed by atoms with E-state index in [0.29, 0.717) is 12.1 Å². The Kier molecular flexibility index (Phi) is 5.79. The standard InChI is InChI=1S/C20H19F2N5O3S/c21-17-2-1-3-18(22)19(17)31(29,30)27-10-8-25(9-11-27)20(28)16-6-4-15(5-7-16)12-26-14-23-13-24-26/h1-7,13-14H,8-12H2. The topological polar surface area (TPSA) is 88.4 Å². The smallest absolute Gasteiger partial charge is 0.253 e. The fourth-order valence-corrected chi connectivity index (χ4v) is 4.96. The van der Waals surface area contributed by atoms with Crippen molar-refractivity contribution in [2.24, 2.45) is 0 Å². The van der Waals surface area contributed by atoms with Crippen LogP contribution in [0.5, 0.6) is 0 Å². The average molecular weight is 447 g/mol. The second-order valence-corrected chi connectivity index (χ2v) is 8.91. The lowest BCUT2D eigenvalue weighted by Gasteiger charge is -2.34. The van der Waals surface area contributed by atoms with E-state index in [9.17, 15) is 22.0 Å². The van der Waals surface area contributed by atoms with Crippen LogP contribution >= 0.6 is 0 Å². The van der Waals surface area contributed by atoms with Crippen molar-refractivity contribution < 1.29 is 22.0 Å². The molecule has 11 heteroatoms. The molecule has 2 aromatic carbocycles. The molecule has 4 rings (SSSR count). The molecule has 0 atom stereocenters. The van der Waals surface area contributed by atoms with Gasteiger partial charge in [-0.1, -0.05) is 18.2 Å². The van der Waals surface area contributed by atoms with Crippen LogP contribution in [0.15, 0.2) is 60.0 Å². The first kappa shape index (κ1) is 21.1. The number of benzene rings is 2. The van der Waals surface area contributed by atoms with Crippen molar-refractivity contribution in [2.45, 2.75) is 11.4 Å². The number of carbonyl (C=O) groups excluding carboxylic acids is 1. The van der Waals surface area contributed by atoms with Gasteiger partial charge in [-0.15, -0.1) is 0 Å². The van der Waals surface area contributed by atoms with Crippen molar-refractivity contribution in [2.75, 3.05) is 26.2 Å². The summed E-state index contributed by atoms with van der Waals surface area (Å²) in [6.07, 6.45) is 3.04. The van der Waals surface area contributed by atoms with Gasteiger partial charge in [-0.25, -0.2) is 26.9 Å². The molecule has 0 bridgehead atoms. The lowest BCUT2D eigenvalue weighted by Crippen LogP contribution is -2.50. The number of piperazine rings is 1. The van der Waals surface area contributed by atoms with Gasteiger partial charge in [0.2, 0.25) is 10.0 Å². The molecular formula is C20H19F2N5O3S. The van der Waals surface area contributed by atoms with Gasteiger partial charge in [0.25, 0.3) is 5.91 Å². The monoisotopic (exact) mass is 447 g/mol. The second kappa shape index (κ2) is 8.52. The highest BCUT2D eigenvalue weighted by molar-refractivity contribution is 7.89. The van der Waals surface area contributed by atoms with Gasteiger partial charge in [0.15, 0.2) is 4.90 Å². The predicted octanol–water partition coefficient (Wildman–Crippen LogP) is 1.75. The average Bonchev–Trinajstić information content (AvgIpc) is 3.27. The van der Waals surface area contributed by atoms with Crippen molar-refractivity contribution in [3.8, 4) is 0 Å². The fraction of sp³-hybridized carbons (Fsp3) is 0.250. The van der Waals surface area contributed by atoms with Crippen molar-refractivity contribution in [3.05, 3.63) is 77.9 Å². The van der Waals surface area contributed by atoms with Crippen molar-refractivity contribution in [1.29, 1.82) is 0 Å². The maximum absolute atomic E-state index is 14.0. The van der Waals surface area contributed by atoms with Gasteiger partial charge in [0, 0.05) is 31.7 Å². The lowest BCUT2D eigenvalue weighted by molar-refractivity contribution is 0.0697. The molecule has 0 aliphatic carbocycles. The number of aromatic nitrogens is 3. The summed E-state index contributed by atoms with van der Waals surface area (Å²) in [6.45, 7) is 0.666. The lowest BCUT2D eigenvalue weighted by atomic mass is 10.1.